The van der Waals surface area contributed by atoms with E-state index in [1.54, 1.807) is 35.7 Å². The Balaban J connectivity index is 1.42. The molecule has 1 unspecified atom stereocenters. The SMILES string of the molecule is CCOC(=O)C1CSCCN1C(=O)C1CCN(c2oc(-c3ccco3)nc2C#N)CC1. The van der Waals surface area contributed by atoms with Gasteiger partial charge in [-0.3, -0.25) is 4.79 Å². The van der Waals surface area contributed by atoms with Crippen LogP contribution in [0.15, 0.2) is 27.2 Å². The van der Waals surface area contributed by atoms with E-state index in [0.29, 0.717) is 56.5 Å². The van der Waals surface area contributed by atoms with Gasteiger partial charge >= 0.3 is 5.97 Å². The number of rotatable bonds is 5. The summed E-state index contributed by atoms with van der Waals surface area (Å²) in [5, 5.41) is 9.46. The second-order valence-electron chi connectivity index (χ2n) is 7.40. The second-order valence-corrected chi connectivity index (χ2v) is 8.55. The molecule has 164 valence electrons. The van der Waals surface area contributed by atoms with Crippen molar-refractivity contribution in [2.75, 3.05) is 42.6 Å². The second kappa shape index (κ2) is 9.47. The van der Waals surface area contributed by atoms with Crippen LogP contribution in [-0.4, -0.2) is 65.5 Å². The van der Waals surface area contributed by atoms with Crippen molar-refractivity contribution >= 4 is 29.5 Å². The first-order chi connectivity index (χ1) is 15.1. The van der Waals surface area contributed by atoms with Gasteiger partial charge in [-0.1, -0.05) is 0 Å². The van der Waals surface area contributed by atoms with Crippen LogP contribution in [-0.2, 0) is 14.3 Å². The zero-order chi connectivity index (χ0) is 21.8. The number of carbonyl (C=O) groups excluding carboxylic acids is 2. The minimum absolute atomic E-state index is 0.00681. The molecule has 2 saturated heterocycles. The van der Waals surface area contributed by atoms with E-state index in [0.717, 1.165) is 5.75 Å². The summed E-state index contributed by atoms with van der Waals surface area (Å²) in [5.74, 6) is 2.02. The molecule has 2 aliphatic heterocycles. The highest BCUT2D eigenvalue weighted by atomic mass is 32.2. The van der Waals surface area contributed by atoms with Gasteiger partial charge in [0, 0.05) is 37.1 Å². The van der Waals surface area contributed by atoms with Crippen LogP contribution in [0.5, 0.6) is 0 Å². The summed E-state index contributed by atoms with van der Waals surface area (Å²) in [6.07, 6.45) is 2.74. The summed E-state index contributed by atoms with van der Waals surface area (Å²) < 4.78 is 16.3. The standard InChI is InChI=1S/C21H24N4O5S/c1-2-28-21(27)16-13-31-11-9-25(16)19(26)14-5-7-24(8-6-14)20-15(12-22)23-18(30-20)17-4-3-10-29-17/h3-4,10,14,16H,2,5-9,11,13H2,1H3. The molecule has 4 rings (SSSR count). The zero-order valence-corrected chi connectivity index (χ0v) is 18.1. The number of aromatic nitrogens is 1. The summed E-state index contributed by atoms with van der Waals surface area (Å²) in [5.41, 5.74) is 0.201. The Morgan fingerprint density at radius 1 is 1.35 bits per heavy atom. The molecule has 2 aromatic rings. The fourth-order valence-electron chi connectivity index (χ4n) is 3.97. The van der Waals surface area contributed by atoms with E-state index in [1.807, 2.05) is 4.90 Å². The lowest BCUT2D eigenvalue weighted by Gasteiger charge is -2.38. The zero-order valence-electron chi connectivity index (χ0n) is 17.3. The smallest absolute Gasteiger partial charge is 0.329 e. The van der Waals surface area contributed by atoms with Gasteiger partial charge in [-0.15, -0.1) is 0 Å². The number of hydrogen-bond acceptors (Lipinski definition) is 9. The van der Waals surface area contributed by atoms with Crippen molar-refractivity contribution in [2.24, 2.45) is 5.92 Å². The lowest BCUT2D eigenvalue weighted by Crippen LogP contribution is -2.54. The number of ether oxygens (including phenoxy) is 1. The molecule has 0 aromatic carbocycles. The van der Waals surface area contributed by atoms with Gasteiger partial charge in [-0.05, 0) is 31.9 Å². The predicted octanol–water partition coefficient (Wildman–Crippen LogP) is 2.53. The summed E-state index contributed by atoms with van der Waals surface area (Å²) in [6.45, 7) is 3.75. The van der Waals surface area contributed by atoms with Crippen molar-refractivity contribution in [3.63, 3.8) is 0 Å². The van der Waals surface area contributed by atoms with Crippen LogP contribution in [0.1, 0.15) is 25.5 Å². The summed E-state index contributed by atoms with van der Waals surface area (Å²) >= 11 is 1.67. The van der Waals surface area contributed by atoms with E-state index in [2.05, 4.69) is 11.1 Å². The topological polar surface area (TPSA) is 113 Å². The third kappa shape index (κ3) is 4.42. The molecule has 0 spiro atoms. The van der Waals surface area contributed by atoms with Gasteiger partial charge in [-0.2, -0.15) is 22.0 Å². The first-order valence-electron chi connectivity index (χ1n) is 10.4. The van der Waals surface area contributed by atoms with Gasteiger partial charge < -0.3 is 23.4 Å². The predicted molar refractivity (Wildman–Crippen MR) is 113 cm³/mol. The van der Waals surface area contributed by atoms with E-state index in [4.69, 9.17) is 13.6 Å². The molecular weight excluding hydrogens is 420 g/mol. The highest BCUT2D eigenvalue weighted by molar-refractivity contribution is 7.99. The minimum Gasteiger partial charge on any atom is -0.464 e. The highest BCUT2D eigenvalue weighted by Crippen LogP contribution is 2.32. The fourth-order valence-corrected chi connectivity index (χ4v) is 5.00. The van der Waals surface area contributed by atoms with Crippen molar-refractivity contribution in [3.05, 3.63) is 24.1 Å². The largest absolute Gasteiger partial charge is 0.464 e. The Bertz CT molecular complexity index is 959. The van der Waals surface area contributed by atoms with Crippen LogP contribution in [0.4, 0.5) is 5.88 Å². The molecule has 31 heavy (non-hydrogen) atoms. The molecule has 0 aliphatic carbocycles. The average Bonchev–Trinajstić information content (AvgIpc) is 3.49. The van der Waals surface area contributed by atoms with Gasteiger partial charge in [0.2, 0.25) is 17.5 Å². The molecule has 2 aromatic heterocycles. The van der Waals surface area contributed by atoms with Crippen molar-refractivity contribution in [1.29, 1.82) is 5.26 Å². The van der Waals surface area contributed by atoms with Gasteiger partial charge in [0.15, 0.2) is 5.76 Å². The van der Waals surface area contributed by atoms with Crippen molar-refractivity contribution in [1.82, 2.24) is 9.88 Å². The average molecular weight is 445 g/mol. The molecular formula is C21H24N4O5S. The number of oxazole rings is 1. The molecule has 9 nitrogen and oxygen atoms in total. The van der Waals surface area contributed by atoms with E-state index in [-0.39, 0.29) is 29.4 Å². The Labute approximate surface area is 184 Å². The van der Waals surface area contributed by atoms with Gasteiger partial charge in [0.05, 0.1) is 12.9 Å². The molecule has 1 atom stereocenters. The lowest BCUT2D eigenvalue weighted by atomic mass is 9.94. The van der Waals surface area contributed by atoms with Crippen LogP contribution in [0.25, 0.3) is 11.7 Å². The summed E-state index contributed by atoms with van der Waals surface area (Å²) in [4.78, 5) is 33.4. The molecule has 0 radical (unpaired) electrons. The quantitative estimate of drug-likeness (QED) is 0.642. The minimum atomic E-state index is -0.514. The number of amides is 1. The monoisotopic (exact) mass is 444 g/mol. The first-order valence-corrected chi connectivity index (χ1v) is 11.5. The van der Waals surface area contributed by atoms with Crippen LogP contribution in [0.2, 0.25) is 0 Å². The van der Waals surface area contributed by atoms with Crippen molar-refractivity contribution in [3.8, 4) is 17.7 Å². The number of carbonyl (C=O) groups is 2. The third-order valence-electron chi connectivity index (χ3n) is 5.55. The van der Waals surface area contributed by atoms with Crippen LogP contribution in [0, 0.1) is 17.2 Å². The number of thioether (sulfide) groups is 1. The number of hydrogen-bond donors (Lipinski definition) is 0. The first kappa shape index (κ1) is 21.3. The van der Waals surface area contributed by atoms with Gasteiger partial charge in [-0.25, -0.2) is 4.79 Å². The Morgan fingerprint density at radius 2 is 2.16 bits per heavy atom. The molecule has 1 amide bonds. The van der Waals surface area contributed by atoms with Crippen LogP contribution < -0.4 is 4.90 Å². The number of furan rings is 1. The van der Waals surface area contributed by atoms with E-state index >= 15 is 0 Å². The number of nitriles is 1. The van der Waals surface area contributed by atoms with E-state index in [1.165, 1.54) is 6.26 Å². The molecule has 10 heteroatoms. The number of piperidine rings is 1. The summed E-state index contributed by atoms with van der Waals surface area (Å²) in [7, 11) is 0. The maximum Gasteiger partial charge on any atom is 0.329 e. The molecule has 2 fully saturated rings. The fraction of sp³-hybridized carbons (Fsp3) is 0.524. The third-order valence-corrected chi connectivity index (χ3v) is 6.57. The number of anilines is 1. The molecule has 0 N–H and O–H groups in total. The Morgan fingerprint density at radius 3 is 2.84 bits per heavy atom. The maximum absolute atomic E-state index is 13.2. The van der Waals surface area contributed by atoms with E-state index in [9.17, 15) is 14.9 Å². The molecule has 0 saturated carbocycles. The Kier molecular flexibility index (Phi) is 6.51. The van der Waals surface area contributed by atoms with Gasteiger partial charge in [0.25, 0.3) is 5.89 Å². The number of esters is 1. The number of nitrogens with zero attached hydrogens (tertiary/aromatic N) is 4. The van der Waals surface area contributed by atoms with E-state index < -0.39 is 6.04 Å². The van der Waals surface area contributed by atoms with Crippen LogP contribution >= 0.6 is 11.8 Å². The van der Waals surface area contributed by atoms with Crippen LogP contribution in [0.3, 0.4) is 0 Å². The summed E-state index contributed by atoms with van der Waals surface area (Å²) in [6, 6.07) is 5.01. The normalized spacial score (nSPS) is 19.8. The Hall–Kier alpha value is -2.93. The van der Waals surface area contributed by atoms with Crippen molar-refractivity contribution < 1.29 is 23.2 Å². The maximum atomic E-state index is 13.2. The molecule has 2 aliphatic rings. The molecule has 4 heterocycles. The van der Waals surface area contributed by atoms with Crippen molar-refractivity contribution in [2.45, 2.75) is 25.8 Å². The van der Waals surface area contributed by atoms with Gasteiger partial charge in [0.1, 0.15) is 12.1 Å². The lowest BCUT2D eigenvalue weighted by molar-refractivity contribution is -0.155. The highest BCUT2D eigenvalue weighted by Gasteiger charge is 2.38. The molecule has 0 bridgehead atoms.